The van der Waals surface area contributed by atoms with Gasteiger partial charge < -0.3 is 14.4 Å². The van der Waals surface area contributed by atoms with E-state index in [0.717, 1.165) is 39.5 Å². The Hall–Kier alpha value is -2.60. The van der Waals surface area contributed by atoms with Crippen molar-refractivity contribution in [3.05, 3.63) is 61.8 Å². The van der Waals surface area contributed by atoms with Crippen LogP contribution < -0.4 is 9.47 Å². The van der Waals surface area contributed by atoms with Gasteiger partial charge in [-0.1, -0.05) is 12.1 Å². The largest absolute Gasteiger partial charge is 0.490 e. The minimum Gasteiger partial charge on any atom is -0.490 e. The Kier molecular flexibility index (Phi) is 8.89. The minimum atomic E-state index is -0.477. The van der Waals surface area contributed by atoms with Gasteiger partial charge in [-0.15, -0.1) is 0 Å². The fourth-order valence-electron chi connectivity index (χ4n) is 4.02. The molecule has 2 aliphatic heterocycles. The van der Waals surface area contributed by atoms with Gasteiger partial charge in [0.15, 0.2) is 11.5 Å². The van der Waals surface area contributed by atoms with Gasteiger partial charge in [0.1, 0.15) is 19.0 Å². The molecule has 0 radical (unpaired) electrons. The fourth-order valence-corrected chi connectivity index (χ4v) is 5.64. The molecular formula is C26H26FIN2O5S. The van der Waals surface area contributed by atoms with Gasteiger partial charge in [-0.2, -0.15) is 0 Å². The zero-order valence-corrected chi connectivity index (χ0v) is 22.8. The van der Waals surface area contributed by atoms with Gasteiger partial charge in [0.2, 0.25) is 5.91 Å². The van der Waals surface area contributed by atoms with Crippen molar-refractivity contribution in [2.45, 2.75) is 32.8 Å². The normalized spacial score (nSPS) is 17.1. The molecule has 3 amide bonds. The van der Waals surface area contributed by atoms with Crippen LogP contribution in [0.25, 0.3) is 6.08 Å². The smallest absolute Gasteiger partial charge is 0.294 e. The van der Waals surface area contributed by atoms with Gasteiger partial charge in [0, 0.05) is 13.1 Å². The summed E-state index contributed by atoms with van der Waals surface area (Å²) in [6.07, 6.45) is 4.59. The summed E-state index contributed by atoms with van der Waals surface area (Å²) in [5.74, 6) is -0.0237. The predicted molar refractivity (Wildman–Crippen MR) is 144 cm³/mol. The van der Waals surface area contributed by atoms with Crippen molar-refractivity contribution in [2.75, 3.05) is 26.2 Å². The lowest BCUT2D eigenvalue weighted by Crippen LogP contribution is -2.44. The molecule has 2 heterocycles. The van der Waals surface area contributed by atoms with Crippen LogP contribution >= 0.6 is 34.4 Å². The highest BCUT2D eigenvalue weighted by molar-refractivity contribution is 14.1. The maximum absolute atomic E-state index is 13.5. The Bertz CT molecular complexity index is 1200. The van der Waals surface area contributed by atoms with E-state index in [1.807, 2.05) is 13.0 Å². The van der Waals surface area contributed by atoms with E-state index >= 15 is 0 Å². The van der Waals surface area contributed by atoms with E-state index in [1.54, 1.807) is 29.2 Å². The zero-order chi connectivity index (χ0) is 25.7. The molecule has 0 aliphatic carbocycles. The minimum absolute atomic E-state index is 0.164. The van der Waals surface area contributed by atoms with Gasteiger partial charge in [-0.25, -0.2) is 4.39 Å². The van der Waals surface area contributed by atoms with Crippen molar-refractivity contribution in [2.24, 2.45) is 0 Å². The molecule has 0 atom stereocenters. The third kappa shape index (κ3) is 6.39. The van der Waals surface area contributed by atoms with Crippen molar-refractivity contribution in [3.63, 3.8) is 0 Å². The first-order chi connectivity index (χ1) is 17.4. The Labute approximate surface area is 227 Å². The molecule has 10 heteroatoms. The first-order valence-electron chi connectivity index (χ1n) is 11.7. The monoisotopic (exact) mass is 624 g/mol. The molecule has 0 unspecified atom stereocenters. The number of carbonyl (C=O) groups is 3. The summed E-state index contributed by atoms with van der Waals surface area (Å²) in [5.41, 5.74) is 1.35. The topological polar surface area (TPSA) is 76.2 Å². The summed E-state index contributed by atoms with van der Waals surface area (Å²) < 4.78 is 26.0. The highest BCUT2D eigenvalue weighted by atomic mass is 127. The first kappa shape index (κ1) is 26.5. The van der Waals surface area contributed by atoms with Crippen molar-refractivity contribution in [1.82, 2.24) is 9.80 Å². The van der Waals surface area contributed by atoms with Crippen LogP contribution in [0.15, 0.2) is 41.3 Å². The molecule has 2 fully saturated rings. The number of hydrogen-bond acceptors (Lipinski definition) is 6. The summed E-state index contributed by atoms with van der Waals surface area (Å²) in [6.45, 7) is 3.49. The van der Waals surface area contributed by atoms with Crippen LogP contribution in [0.1, 0.15) is 37.3 Å². The molecule has 2 aromatic rings. The Morgan fingerprint density at radius 1 is 1.14 bits per heavy atom. The third-order valence-electron chi connectivity index (χ3n) is 5.78. The van der Waals surface area contributed by atoms with Crippen LogP contribution in [-0.4, -0.2) is 53.1 Å². The lowest BCUT2D eigenvalue weighted by atomic mass is 10.1. The van der Waals surface area contributed by atoms with E-state index in [9.17, 15) is 18.8 Å². The second kappa shape index (κ2) is 12.1. The lowest BCUT2D eigenvalue weighted by Gasteiger charge is -2.27. The highest BCUT2D eigenvalue weighted by Gasteiger charge is 2.37. The lowest BCUT2D eigenvalue weighted by molar-refractivity contribution is -0.136. The Morgan fingerprint density at radius 3 is 2.64 bits per heavy atom. The predicted octanol–water partition coefficient (Wildman–Crippen LogP) is 5.46. The summed E-state index contributed by atoms with van der Waals surface area (Å²) in [7, 11) is 0. The van der Waals surface area contributed by atoms with Gasteiger partial charge in [-0.05, 0) is 102 Å². The molecule has 190 valence electrons. The van der Waals surface area contributed by atoms with Crippen LogP contribution in [-0.2, 0) is 16.2 Å². The van der Waals surface area contributed by atoms with E-state index in [4.69, 9.17) is 9.47 Å². The molecule has 2 aliphatic rings. The summed E-state index contributed by atoms with van der Waals surface area (Å²) in [6, 6.07) is 9.73. The number of imide groups is 1. The number of nitrogens with zero attached hydrogens (tertiary/aromatic N) is 2. The molecule has 2 saturated heterocycles. The van der Waals surface area contributed by atoms with Crippen molar-refractivity contribution in [1.29, 1.82) is 0 Å². The van der Waals surface area contributed by atoms with E-state index < -0.39 is 11.1 Å². The third-order valence-corrected chi connectivity index (χ3v) is 7.49. The SMILES string of the molecule is CCOc1cc(/C=C2\SC(=O)N(CC(=O)N3CCCCC3)C2=O)cc(I)c1OCc1cccc(F)c1. The number of likely N-dealkylation sites (tertiary alicyclic amines) is 1. The average molecular weight is 624 g/mol. The molecule has 4 rings (SSSR count). The van der Waals surface area contributed by atoms with Crippen molar-refractivity contribution in [3.8, 4) is 11.5 Å². The van der Waals surface area contributed by atoms with Crippen molar-refractivity contribution < 1.29 is 28.2 Å². The highest BCUT2D eigenvalue weighted by Crippen LogP contribution is 2.38. The second-order valence-corrected chi connectivity index (χ2v) is 10.5. The molecule has 0 bridgehead atoms. The van der Waals surface area contributed by atoms with Crippen LogP contribution in [0.2, 0.25) is 0 Å². The standard InChI is InChI=1S/C26H26FIN2O5S/c1-2-34-21-13-18(12-20(28)24(21)35-16-17-7-6-8-19(27)11-17)14-22-25(32)30(26(33)36-22)15-23(31)29-9-4-3-5-10-29/h6-8,11-14H,2-5,9-10,15-16H2,1H3/b22-14-. The van der Waals surface area contributed by atoms with E-state index in [0.29, 0.717) is 42.3 Å². The quantitative estimate of drug-likeness (QED) is 0.287. The number of piperidine rings is 1. The first-order valence-corrected chi connectivity index (χ1v) is 13.6. The molecule has 0 spiro atoms. The number of halogens is 2. The number of thioether (sulfide) groups is 1. The van der Waals surface area contributed by atoms with E-state index in [-0.39, 0.29) is 29.8 Å². The maximum atomic E-state index is 13.5. The molecule has 0 aromatic heterocycles. The van der Waals surface area contributed by atoms with Gasteiger partial charge in [-0.3, -0.25) is 19.3 Å². The molecule has 36 heavy (non-hydrogen) atoms. The van der Waals surface area contributed by atoms with Crippen LogP contribution in [0.5, 0.6) is 11.5 Å². The fraction of sp³-hybridized carbons (Fsp3) is 0.346. The Morgan fingerprint density at radius 2 is 1.92 bits per heavy atom. The zero-order valence-electron chi connectivity index (χ0n) is 19.8. The van der Waals surface area contributed by atoms with Gasteiger partial charge >= 0.3 is 0 Å². The molecule has 2 aromatic carbocycles. The summed E-state index contributed by atoms with van der Waals surface area (Å²) in [5, 5.41) is -0.452. The molecular weight excluding hydrogens is 598 g/mol. The number of carbonyl (C=O) groups excluding carboxylic acids is 3. The van der Waals surface area contributed by atoms with Crippen LogP contribution in [0, 0.1) is 9.39 Å². The number of benzene rings is 2. The van der Waals surface area contributed by atoms with Crippen molar-refractivity contribution >= 4 is 57.5 Å². The van der Waals surface area contributed by atoms with Crippen LogP contribution in [0.4, 0.5) is 9.18 Å². The number of ether oxygens (including phenoxy) is 2. The summed E-state index contributed by atoms with van der Waals surface area (Å²) >= 11 is 2.93. The number of amides is 3. The van der Waals surface area contributed by atoms with E-state index in [2.05, 4.69) is 22.6 Å². The Balaban J connectivity index is 1.50. The number of rotatable bonds is 8. The molecule has 7 nitrogen and oxygen atoms in total. The van der Waals surface area contributed by atoms with Gasteiger partial charge in [0.05, 0.1) is 15.1 Å². The maximum Gasteiger partial charge on any atom is 0.294 e. The van der Waals surface area contributed by atoms with Crippen LogP contribution in [0.3, 0.4) is 0 Å². The number of hydrogen-bond donors (Lipinski definition) is 0. The van der Waals surface area contributed by atoms with Gasteiger partial charge in [0.25, 0.3) is 11.1 Å². The molecule has 0 N–H and O–H groups in total. The second-order valence-electron chi connectivity index (χ2n) is 8.39. The van der Waals surface area contributed by atoms with E-state index in [1.165, 1.54) is 12.1 Å². The average Bonchev–Trinajstić information content (AvgIpc) is 3.11. The summed E-state index contributed by atoms with van der Waals surface area (Å²) in [4.78, 5) is 41.0. The molecule has 0 saturated carbocycles.